The molecule has 4 heteroatoms. The Morgan fingerprint density at radius 1 is 1.27 bits per heavy atom. The van der Waals surface area contributed by atoms with Crippen LogP contribution in [-0.2, 0) is 9.09 Å². The smallest absolute Gasteiger partial charge is 0.324 e. The molecule has 0 saturated heterocycles. The van der Waals surface area contributed by atoms with Gasteiger partial charge in [0, 0.05) is 7.11 Å². The first-order valence-corrected chi connectivity index (χ1v) is 5.27. The zero-order chi connectivity index (χ0) is 9.71. The van der Waals surface area contributed by atoms with Gasteiger partial charge in [0.05, 0.1) is 5.16 Å². The van der Waals surface area contributed by atoms with Crippen LogP contribution in [0.1, 0.15) is 34.6 Å². The highest BCUT2D eigenvalue weighted by atomic mass is 31.2. The van der Waals surface area contributed by atoms with Crippen LogP contribution in [0, 0.1) is 0 Å². The molecule has 0 heterocycles. The largest absolute Gasteiger partial charge is 0.333 e. The SMILES string of the molecule is CC.COP(=O)(O)C(C)(C)C. The van der Waals surface area contributed by atoms with Crippen molar-refractivity contribution in [3.8, 4) is 0 Å². The molecular formula is C7H19O3P. The van der Waals surface area contributed by atoms with Gasteiger partial charge in [-0.25, -0.2) is 0 Å². The molecule has 0 aliphatic rings. The van der Waals surface area contributed by atoms with Crippen molar-refractivity contribution >= 4 is 7.60 Å². The summed E-state index contributed by atoms with van der Waals surface area (Å²) in [5.74, 6) is 0. The van der Waals surface area contributed by atoms with Crippen molar-refractivity contribution in [3.05, 3.63) is 0 Å². The lowest BCUT2D eigenvalue weighted by Crippen LogP contribution is -2.15. The first kappa shape index (κ1) is 13.7. The molecule has 70 valence electrons. The lowest BCUT2D eigenvalue weighted by molar-refractivity contribution is 0.291. The molecule has 1 N–H and O–H groups in total. The number of hydrogen-bond acceptors (Lipinski definition) is 2. The Kier molecular flexibility index (Phi) is 6.13. The van der Waals surface area contributed by atoms with Crippen LogP contribution in [0.2, 0.25) is 0 Å². The molecule has 3 nitrogen and oxygen atoms in total. The fraction of sp³-hybridized carbons (Fsp3) is 1.00. The van der Waals surface area contributed by atoms with E-state index in [-0.39, 0.29) is 0 Å². The zero-order valence-corrected chi connectivity index (χ0v) is 9.11. The van der Waals surface area contributed by atoms with Gasteiger partial charge in [-0.2, -0.15) is 0 Å². The van der Waals surface area contributed by atoms with Gasteiger partial charge in [-0.15, -0.1) is 0 Å². The first-order chi connectivity index (χ1) is 4.81. The predicted octanol–water partition coefficient (Wildman–Crippen LogP) is 2.64. The number of hydrogen-bond donors (Lipinski definition) is 1. The molecule has 0 amide bonds. The Bertz CT molecular complexity index is 137. The topological polar surface area (TPSA) is 46.5 Å². The second-order valence-corrected chi connectivity index (χ2v) is 5.62. The van der Waals surface area contributed by atoms with Crippen molar-refractivity contribution in [2.45, 2.75) is 39.8 Å². The summed E-state index contributed by atoms with van der Waals surface area (Å²) in [7, 11) is -2.12. The zero-order valence-electron chi connectivity index (χ0n) is 8.21. The van der Waals surface area contributed by atoms with E-state index in [2.05, 4.69) is 4.52 Å². The average molecular weight is 182 g/mol. The van der Waals surface area contributed by atoms with Crippen molar-refractivity contribution in [3.63, 3.8) is 0 Å². The van der Waals surface area contributed by atoms with E-state index in [0.717, 1.165) is 0 Å². The molecule has 0 rings (SSSR count). The Morgan fingerprint density at radius 3 is 1.55 bits per heavy atom. The fourth-order valence-corrected chi connectivity index (χ4v) is 0.822. The second-order valence-electron chi connectivity index (χ2n) is 2.87. The molecule has 0 fully saturated rings. The number of rotatable bonds is 1. The monoisotopic (exact) mass is 182 g/mol. The minimum absolute atomic E-state index is 0.665. The van der Waals surface area contributed by atoms with E-state index in [4.69, 9.17) is 4.89 Å². The van der Waals surface area contributed by atoms with Gasteiger partial charge in [0.15, 0.2) is 0 Å². The summed E-state index contributed by atoms with van der Waals surface area (Å²) in [5, 5.41) is -0.665. The lowest BCUT2D eigenvalue weighted by atomic mass is 10.3. The van der Waals surface area contributed by atoms with Crippen LogP contribution in [0.3, 0.4) is 0 Å². The fourth-order valence-electron chi connectivity index (χ4n) is 0.274. The normalized spacial score (nSPS) is 16.3. The van der Waals surface area contributed by atoms with Gasteiger partial charge in [-0.3, -0.25) is 4.57 Å². The molecule has 0 bridgehead atoms. The van der Waals surface area contributed by atoms with Gasteiger partial charge in [0.1, 0.15) is 0 Å². The molecule has 0 saturated carbocycles. The molecule has 0 aromatic rings. The van der Waals surface area contributed by atoms with Crippen molar-refractivity contribution < 1.29 is 14.0 Å². The third-order valence-corrected chi connectivity index (χ3v) is 3.29. The van der Waals surface area contributed by atoms with E-state index in [1.54, 1.807) is 20.8 Å². The van der Waals surface area contributed by atoms with Gasteiger partial charge >= 0.3 is 7.60 Å². The van der Waals surface area contributed by atoms with E-state index in [9.17, 15) is 4.57 Å². The summed E-state index contributed by atoms with van der Waals surface area (Å²) in [6, 6.07) is 0. The highest BCUT2D eigenvalue weighted by Crippen LogP contribution is 2.53. The highest BCUT2D eigenvalue weighted by molar-refractivity contribution is 7.54. The lowest BCUT2D eigenvalue weighted by Gasteiger charge is -2.22. The van der Waals surface area contributed by atoms with Crippen LogP contribution in [0.25, 0.3) is 0 Å². The van der Waals surface area contributed by atoms with Crippen molar-refractivity contribution in [1.29, 1.82) is 0 Å². The molecule has 1 unspecified atom stereocenters. The summed E-state index contributed by atoms with van der Waals surface area (Å²) in [6.07, 6.45) is 0. The molecule has 0 aliphatic carbocycles. The molecule has 0 aromatic heterocycles. The van der Waals surface area contributed by atoms with E-state index < -0.39 is 12.8 Å². The third-order valence-electron chi connectivity index (χ3n) is 1.10. The summed E-state index contributed by atoms with van der Waals surface area (Å²) in [6.45, 7) is 8.99. The summed E-state index contributed by atoms with van der Waals surface area (Å²) < 4.78 is 15.4. The standard InChI is InChI=1S/C5H13O3P.C2H6/c1-5(2,3)9(6,7)8-4;1-2/h1-4H3,(H,6,7);1-2H3. The van der Waals surface area contributed by atoms with Crippen molar-refractivity contribution in [2.75, 3.05) is 7.11 Å². The molecule has 0 aliphatic heterocycles. The highest BCUT2D eigenvalue weighted by Gasteiger charge is 2.34. The van der Waals surface area contributed by atoms with E-state index in [1.807, 2.05) is 13.8 Å². The molecule has 1 atom stereocenters. The van der Waals surface area contributed by atoms with Crippen molar-refractivity contribution in [2.24, 2.45) is 0 Å². The van der Waals surface area contributed by atoms with E-state index in [0.29, 0.717) is 0 Å². The Hall–Kier alpha value is 0.150. The Morgan fingerprint density at radius 2 is 1.55 bits per heavy atom. The summed E-state index contributed by atoms with van der Waals surface area (Å²) in [5.41, 5.74) is 0. The molecule has 0 radical (unpaired) electrons. The Labute approximate surface area is 69.3 Å². The maximum absolute atomic E-state index is 10.9. The summed E-state index contributed by atoms with van der Waals surface area (Å²) in [4.78, 5) is 8.99. The van der Waals surface area contributed by atoms with E-state index >= 15 is 0 Å². The molecule has 0 spiro atoms. The molecule has 11 heavy (non-hydrogen) atoms. The quantitative estimate of drug-likeness (QED) is 0.634. The minimum atomic E-state index is -3.36. The minimum Gasteiger partial charge on any atom is -0.324 e. The van der Waals surface area contributed by atoms with Crippen LogP contribution in [0.15, 0.2) is 0 Å². The van der Waals surface area contributed by atoms with Crippen LogP contribution >= 0.6 is 7.60 Å². The first-order valence-electron chi connectivity index (χ1n) is 3.70. The molecular weight excluding hydrogens is 163 g/mol. The van der Waals surface area contributed by atoms with Crippen LogP contribution in [-0.4, -0.2) is 17.2 Å². The average Bonchev–Trinajstić information content (AvgIpc) is 1.90. The Balaban J connectivity index is 0. The van der Waals surface area contributed by atoms with Crippen molar-refractivity contribution in [1.82, 2.24) is 0 Å². The van der Waals surface area contributed by atoms with Gasteiger partial charge < -0.3 is 9.42 Å². The van der Waals surface area contributed by atoms with Gasteiger partial charge in [-0.05, 0) is 20.8 Å². The second kappa shape index (κ2) is 4.91. The third kappa shape index (κ3) is 4.57. The van der Waals surface area contributed by atoms with Gasteiger partial charge in [0.25, 0.3) is 0 Å². The van der Waals surface area contributed by atoms with Crippen LogP contribution in [0.4, 0.5) is 0 Å². The maximum atomic E-state index is 10.9. The summed E-state index contributed by atoms with van der Waals surface area (Å²) >= 11 is 0. The van der Waals surface area contributed by atoms with E-state index in [1.165, 1.54) is 7.11 Å². The van der Waals surface area contributed by atoms with Gasteiger partial charge in [0.2, 0.25) is 0 Å². The van der Waals surface area contributed by atoms with Gasteiger partial charge in [-0.1, -0.05) is 13.8 Å². The van der Waals surface area contributed by atoms with Crippen LogP contribution < -0.4 is 0 Å². The maximum Gasteiger partial charge on any atom is 0.333 e. The predicted molar refractivity (Wildman–Crippen MR) is 47.9 cm³/mol. The van der Waals surface area contributed by atoms with Crippen LogP contribution in [0.5, 0.6) is 0 Å². The molecule has 0 aromatic carbocycles.